The molecule has 0 bridgehead atoms. The molecule has 2 heteroatoms. The summed E-state index contributed by atoms with van der Waals surface area (Å²) in [7, 11) is 0. The van der Waals surface area contributed by atoms with E-state index in [4.69, 9.17) is 4.74 Å². The van der Waals surface area contributed by atoms with Crippen molar-refractivity contribution in [1.82, 2.24) is 0 Å². The van der Waals surface area contributed by atoms with Gasteiger partial charge in [-0.05, 0) is 36.6 Å². The van der Waals surface area contributed by atoms with Crippen molar-refractivity contribution in [3.63, 3.8) is 0 Å². The Bertz CT molecular complexity index is 638. The van der Waals surface area contributed by atoms with E-state index in [2.05, 4.69) is 31.2 Å². The highest BCUT2D eigenvalue weighted by Gasteiger charge is 2.30. The first kappa shape index (κ1) is 13.0. The zero-order chi connectivity index (χ0) is 13.9. The zero-order valence-electron chi connectivity index (χ0n) is 11.8. The number of nitriles is 1. The minimum absolute atomic E-state index is 0.0187. The molecule has 0 N–H and O–H groups in total. The number of rotatable bonds is 2. The Labute approximate surface area is 120 Å². The molecule has 1 fully saturated rings. The predicted octanol–water partition coefficient (Wildman–Crippen LogP) is 4.55. The van der Waals surface area contributed by atoms with Crippen LogP contribution in [-0.2, 0) is 0 Å². The Balaban J connectivity index is 1.90. The fraction of sp³-hybridized carbons (Fsp3) is 0.389. The van der Waals surface area contributed by atoms with Gasteiger partial charge in [0, 0.05) is 5.39 Å². The number of fused-ring (bicyclic) bond motifs is 1. The Morgan fingerprint density at radius 1 is 1.10 bits per heavy atom. The Hall–Kier alpha value is -2.01. The van der Waals surface area contributed by atoms with Gasteiger partial charge >= 0.3 is 0 Å². The van der Waals surface area contributed by atoms with Crippen LogP contribution in [0.15, 0.2) is 42.5 Å². The molecule has 3 unspecified atom stereocenters. The lowest BCUT2D eigenvalue weighted by Gasteiger charge is -2.31. The first-order valence-corrected chi connectivity index (χ1v) is 7.32. The molecule has 0 heterocycles. The van der Waals surface area contributed by atoms with Gasteiger partial charge < -0.3 is 4.74 Å². The molecule has 1 aliphatic rings. The largest absolute Gasteiger partial charge is 0.488 e. The van der Waals surface area contributed by atoms with E-state index < -0.39 is 0 Å². The summed E-state index contributed by atoms with van der Waals surface area (Å²) in [6, 6.07) is 16.8. The average molecular weight is 265 g/mol. The zero-order valence-corrected chi connectivity index (χ0v) is 11.8. The van der Waals surface area contributed by atoms with Crippen LogP contribution in [0, 0.1) is 23.2 Å². The minimum Gasteiger partial charge on any atom is -0.488 e. The molecule has 0 spiro atoms. The standard InChI is InChI=1S/C18H19NO/c1-13-9-10-15(12-19)18(11-13)20-17-8-4-6-14-5-2-3-7-16(14)17/h2-8,13,15,18H,9-11H2,1H3. The predicted molar refractivity (Wildman–Crippen MR) is 80.5 cm³/mol. The average Bonchev–Trinajstić information content (AvgIpc) is 2.48. The third-order valence-electron chi connectivity index (χ3n) is 4.25. The maximum absolute atomic E-state index is 9.31. The van der Waals surface area contributed by atoms with E-state index in [1.807, 2.05) is 24.3 Å². The normalized spacial score (nSPS) is 26.1. The van der Waals surface area contributed by atoms with Gasteiger partial charge in [0.25, 0.3) is 0 Å². The Kier molecular flexibility index (Phi) is 3.60. The summed E-state index contributed by atoms with van der Waals surface area (Å²) in [6.07, 6.45) is 3.08. The molecule has 0 aromatic heterocycles. The van der Waals surface area contributed by atoms with Crippen molar-refractivity contribution in [3.05, 3.63) is 42.5 Å². The van der Waals surface area contributed by atoms with Crippen molar-refractivity contribution < 1.29 is 4.74 Å². The molecule has 0 saturated heterocycles. The van der Waals surface area contributed by atoms with E-state index in [-0.39, 0.29) is 12.0 Å². The molecule has 1 saturated carbocycles. The maximum atomic E-state index is 9.31. The van der Waals surface area contributed by atoms with E-state index in [1.165, 1.54) is 5.39 Å². The second-order valence-corrected chi connectivity index (χ2v) is 5.79. The Morgan fingerprint density at radius 2 is 1.90 bits per heavy atom. The topological polar surface area (TPSA) is 33.0 Å². The molecule has 0 amide bonds. The molecule has 3 rings (SSSR count). The van der Waals surface area contributed by atoms with Gasteiger partial charge in [0.1, 0.15) is 11.9 Å². The van der Waals surface area contributed by atoms with Crippen LogP contribution < -0.4 is 4.74 Å². The molecule has 102 valence electrons. The Morgan fingerprint density at radius 3 is 2.75 bits per heavy atom. The van der Waals surface area contributed by atoms with E-state index in [0.717, 1.165) is 30.4 Å². The summed E-state index contributed by atoms with van der Waals surface area (Å²) in [5.74, 6) is 1.56. The molecule has 2 aromatic carbocycles. The summed E-state index contributed by atoms with van der Waals surface area (Å²) in [4.78, 5) is 0. The van der Waals surface area contributed by atoms with Gasteiger partial charge in [0.15, 0.2) is 0 Å². The quantitative estimate of drug-likeness (QED) is 0.798. The van der Waals surface area contributed by atoms with Crippen molar-refractivity contribution in [2.24, 2.45) is 11.8 Å². The third kappa shape index (κ3) is 2.49. The van der Waals surface area contributed by atoms with Gasteiger partial charge in [-0.1, -0.05) is 43.3 Å². The van der Waals surface area contributed by atoms with E-state index in [1.54, 1.807) is 0 Å². The number of benzene rings is 2. The highest BCUT2D eigenvalue weighted by atomic mass is 16.5. The first-order chi connectivity index (χ1) is 9.78. The molecule has 0 aliphatic heterocycles. The van der Waals surface area contributed by atoms with E-state index >= 15 is 0 Å². The van der Waals surface area contributed by atoms with E-state index in [9.17, 15) is 5.26 Å². The highest BCUT2D eigenvalue weighted by molar-refractivity contribution is 5.88. The summed E-state index contributed by atoms with van der Waals surface area (Å²) >= 11 is 0. The molecule has 20 heavy (non-hydrogen) atoms. The summed E-state index contributed by atoms with van der Waals surface area (Å²) in [6.45, 7) is 2.24. The number of hydrogen-bond donors (Lipinski definition) is 0. The minimum atomic E-state index is 0.0187. The van der Waals surface area contributed by atoms with Crippen LogP contribution in [0.4, 0.5) is 0 Å². The maximum Gasteiger partial charge on any atom is 0.127 e. The third-order valence-corrected chi connectivity index (χ3v) is 4.25. The van der Waals surface area contributed by atoms with Crippen molar-refractivity contribution >= 4 is 10.8 Å². The molecule has 2 nitrogen and oxygen atoms in total. The fourth-order valence-electron chi connectivity index (χ4n) is 3.07. The summed E-state index contributed by atoms with van der Waals surface area (Å²) < 4.78 is 6.22. The second-order valence-electron chi connectivity index (χ2n) is 5.79. The molecular formula is C18H19NO. The summed E-state index contributed by atoms with van der Waals surface area (Å²) in [5.41, 5.74) is 0. The molecule has 0 radical (unpaired) electrons. The van der Waals surface area contributed by atoms with Gasteiger partial charge in [-0.15, -0.1) is 0 Å². The van der Waals surface area contributed by atoms with Crippen LogP contribution in [0.5, 0.6) is 5.75 Å². The van der Waals surface area contributed by atoms with Crippen LogP contribution in [0.3, 0.4) is 0 Å². The van der Waals surface area contributed by atoms with Gasteiger partial charge in [0.05, 0.1) is 12.0 Å². The van der Waals surface area contributed by atoms with Gasteiger partial charge in [0.2, 0.25) is 0 Å². The van der Waals surface area contributed by atoms with Gasteiger partial charge in [-0.2, -0.15) is 5.26 Å². The number of hydrogen-bond acceptors (Lipinski definition) is 2. The SMILES string of the molecule is CC1CCC(C#N)C(Oc2cccc3ccccc23)C1. The van der Waals surface area contributed by atoms with Crippen LogP contribution in [0.25, 0.3) is 10.8 Å². The monoisotopic (exact) mass is 265 g/mol. The summed E-state index contributed by atoms with van der Waals surface area (Å²) in [5, 5.41) is 11.6. The van der Waals surface area contributed by atoms with Gasteiger partial charge in [-0.3, -0.25) is 0 Å². The van der Waals surface area contributed by atoms with Crippen LogP contribution >= 0.6 is 0 Å². The van der Waals surface area contributed by atoms with Crippen LogP contribution in [0.1, 0.15) is 26.2 Å². The fourth-order valence-corrected chi connectivity index (χ4v) is 3.07. The van der Waals surface area contributed by atoms with Crippen molar-refractivity contribution in [3.8, 4) is 11.8 Å². The smallest absolute Gasteiger partial charge is 0.127 e. The van der Waals surface area contributed by atoms with Crippen LogP contribution in [0.2, 0.25) is 0 Å². The molecular weight excluding hydrogens is 246 g/mol. The van der Waals surface area contributed by atoms with Gasteiger partial charge in [-0.25, -0.2) is 0 Å². The lowest BCUT2D eigenvalue weighted by atomic mass is 9.81. The second kappa shape index (κ2) is 5.54. The van der Waals surface area contributed by atoms with Crippen molar-refractivity contribution in [1.29, 1.82) is 5.26 Å². The van der Waals surface area contributed by atoms with Crippen molar-refractivity contribution in [2.45, 2.75) is 32.3 Å². The number of nitrogens with zero attached hydrogens (tertiary/aromatic N) is 1. The lowest BCUT2D eigenvalue weighted by Crippen LogP contribution is -2.32. The van der Waals surface area contributed by atoms with E-state index in [0.29, 0.717) is 5.92 Å². The van der Waals surface area contributed by atoms with Crippen molar-refractivity contribution in [2.75, 3.05) is 0 Å². The first-order valence-electron chi connectivity index (χ1n) is 7.32. The van der Waals surface area contributed by atoms with Crippen LogP contribution in [-0.4, -0.2) is 6.10 Å². The molecule has 3 atom stereocenters. The number of ether oxygens (including phenoxy) is 1. The highest BCUT2D eigenvalue weighted by Crippen LogP contribution is 2.34. The molecule has 1 aliphatic carbocycles. The molecule has 2 aromatic rings. The lowest BCUT2D eigenvalue weighted by molar-refractivity contribution is 0.0971.